The smallest absolute Gasteiger partial charge is 0.254 e. The Kier molecular flexibility index (Phi) is 3.85. The Hall–Kier alpha value is -3.28. The average molecular weight is 331 g/mol. The molecule has 4 rings (SSSR count). The van der Waals surface area contributed by atoms with Crippen LogP contribution in [0.2, 0.25) is 0 Å². The highest BCUT2D eigenvalue weighted by Gasteiger charge is 2.25. The van der Waals surface area contributed by atoms with Crippen LogP contribution in [0.1, 0.15) is 16.7 Å². The first-order valence-corrected chi connectivity index (χ1v) is 7.98. The third kappa shape index (κ3) is 2.94. The number of methoxy groups -OCH3 is 1. The lowest BCUT2D eigenvalue weighted by Crippen LogP contribution is -2.20. The molecule has 2 heterocycles. The second-order valence-electron chi connectivity index (χ2n) is 5.79. The maximum absolute atomic E-state index is 5.22. The molecule has 0 radical (unpaired) electrons. The van der Waals surface area contributed by atoms with E-state index in [-0.39, 0.29) is 0 Å². The van der Waals surface area contributed by atoms with Gasteiger partial charge in [0.2, 0.25) is 0 Å². The lowest BCUT2D eigenvalue weighted by atomic mass is 10.1. The zero-order valence-electron chi connectivity index (χ0n) is 14.0. The van der Waals surface area contributed by atoms with Crippen molar-refractivity contribution in [3.05, 3.63) is 71.5 Å². The van der Waals surface area contributed by atoms with Crippen molar-refractivity contribution >= 4 is 17.5 Å². The van der Waals surface area contributed by atoms with Gasteiger partial charge in [-0.1, -0.05) is 29.8 Å². The van der Waals surface area contributed by atoms with Crippen LogP contribution < -0.4 is 4.74 Å². The van der Waals surface area contributed by atoms with Crippen LogP contribution in [-0.2, 0) is 6.54 Å². The molecule has 2 aromatic carbocycles. The summed E-state index contributed by atoms with van der Waals surface area (Å²) in [6.07, 6.45) is 1.49. The summed E-state index contributed by atoms with van der Waals surface area (Å²) in [5.74, 6) is 2.06. The van der Waals surface area contributed by atoms with Gasteiger partial charge in [0, 0.05) is 5.56 Å². The van der Waals surface area contributed by atoms with Crippen molar-refractivity contribution in [1.82, 2.24) is 14.8 Å². The number of ether oxygens (including phenoxy) is 1. The molecule has 0 saturated carbocycles. The largest absolute Gasteiger partial charge is 0.497 e. The van der Waals surface area contributed by atoms with Crippen molar-refractivity contribution in [2.75, 3.05) is 7.11 Å². The van der Waals surface area contributed by atoms with E-state index in [9.17, 15) is 0 Å². The van der Waals surface area contributed by atoms with Crippen LogP contribution in [0.4, 0.5) is 5.95 Å². The van der Waals surface area contributed by atoms with E-state index < -0.39 is 0 Å². The minimum atomic E-state index is 0.550. The van der Waals surface area contributed by atoms with Crippen molar-refractivity contribution in [1.29, 1.82) is 0 Å². The summed E-state index contributed by atoms with van der Waals surface area (Å²) >= 11 is 0. The lowest BCUT2D eigenvalue weighted by molar-refractivity contribution is 0.415. The summed E-state index contributed by atoms with van der Waals surface area (Å²) in [5, 5.41) is 4.25. The van der Waals surface area contributed by atoms with E-state index in [1.165, 1.54) is 11.9 Å². The van der Waals surface area contributed by atoms with Gasteiger partial charge in [-0.2, -0.15) is 14.8 Å². The summed E-state index contributed by atoms with van der Waals surface area (Å²) in [6, 6.07) is 16.1. The number of hydrogen-bond acceptors (Lipinski definition) is 5. The topological polar surface area (TPSA) is 64.7 Å². The summed E-state index contributed by atoms with van der Waals surface area (Å²) < 4.78 is 6.89. The van der Waals surface area contributed by atoms with Gasteiger partial charge in [0.25, 0.3) is 5.95 Å². The standard InChI is InChI=1S/C19H17N5O/c1-13-3-5-14(6-4-13)11-20-18-17(23-19-21-12-22-24(18)19)15-7-9-16(25-2)10-8-15/h3-10,12H,11H2,1-2H3. The molecule has 0 amide bonds. The molecule has 0 bridgehead atoms. The van der Waals surface area contributed by atoms with Crippen LogP contribution in [-0.4, -0.2) is 33.4 Å². The number of nitrogens with zero attached hydrogens (tertiary/aromatic N) is 5. The molecule has 0 N–H and O–H groups in total. The monoisotopic (exact) mass is 331 g/mol. The Bertz CT molecular complexity index is 952. The molecule has 1 aliphatic rings. The first-order chi connectivity index (χ1) is 12.2. The van der Waals surface area contributed by atoms with Crippen LogP contribution in [0.5, 0.6) is 5.75 Å². The Morgan fingerprint density at radius 1 is 1.04 bits per heavy atom. The molecule has 1 aliphatic heterocycles. The average Bonchev–Trinajstić information content (AvgIpc) is 3.23. The lowest BCUT2D eigenvalue weighted by Gasteiger charge is -2.06. The van der Waals surface area contributed by atoms with Gasteiger partial charge in [-0.15, -0.1) is 0 Å². The Labute approximate surface area is 145 Å². The Balaban J connectivity index is 1.68. The molecule has 1 aromatic heterocycles. The van der Waals surface area contributed by atoms with Gasteiger partial charge in [0.05, 0.1) is 13.7 Å². The SMILES string of the molecule is COc1ccc(C2=Nc3ncnn3C2=NCc2ccc(C)cc2)cc1. The molecular formula is C19H17N5O. The van der Waals surface area contributed by atoms with E-state index >= 15 is 0 Å². The summed E-state index contributed by atoms with van der Waals surface area (Å²) in [4.78, 5) is 13.5. The van der Waals surface area contributed by atoms with E-state index in [1.807, 2.05) is 24.3 Å². The zero-order valence-corrected chi connectivity index (χ0v) is 14.0. The third-order valence-electron chi connectivity index (χ3n) is 4.05. The van der Waals surface area contributed by atoms with Gasteiger partial charge in [-0.05, 0) is 36.8 Å². The highest BCUT2D eigenvalue weighted by atomic mass is 16.5. The van der Waals surface area contributed by atoms with Crippen molar-refractivity contribution in [3.63, 3.8) is 0 Å². The van der Waals surface area contributed by atoms with Crippen LogP contribution in [0.15, 0.2) is 64.8 Å². The normalized spacial score (nSPS) is 14.5. The van der Waals surface area contributed by atoms with Crippen LogP contribution in [0.3, 0.4) is 0 Å². The number of aliphatic imine (C=N–C) groups is 2. The number of aryl methyl sites for hydroxylation is 1. The van der Waals surface area contributed by atoms with Gasteiger partial charge >= 0.3 is 0 Å². The molecule has 0 atom stereocenters. The molecule has 0 unspecified atom stereocenters. The number of fused-ring (bicyclic) bond motifs is 1. The van der Waals surface area contributed by atoms with Crippen LogP contribution in [0, 0.1) is 6.92 Å². The summed E-state index contributed by atoms with van der Waals surface area (Å²) in [7, 11) is 1.65. The van der Waals surface area contributed by atoms with Crippen molar-refractivity contribution < 1.29 is 4.74 Å². The van der Waals surface area contributed by atoms with Crippen molar-refractivity contribution in [2.45, 2.75) is 13.5 Å². The number of aromatic nitrogens is 3. The highest BCUT2D eigenvalue weighted by Crippen LogP contribution is 2.22. The molecule has 0 aliphatic carbocycles. The van der Waals surface area contributed by atoms with Gasteiger partial charge < -0.3 is 4.74 Å². The van der Waals surface area contributed by atoms with Gasteiger partial charge in [-0.25, -0.2) is 4.99 Å². The van der Waals surface area contributed by atoms with Crippen LogP contribution >= 0.6 is 0 Å². The van der Waals surface area contributed by atoms with E-state index in [2.05, 4.69) is 46.3 Å². The first kappa shape index (κ1) is 15.3. The Morgan fingerprint density at radius 2 is 1.80 bits per heavy atom. The molecule has 0 fully saturated rings. The summed E-state index contributed by atoms with van der Waals surface area (Å²) in [5.41, 5.74) is 4.10. The molecule has 0 spiro atoms. The van der Waals surface area contributed by atoms with Gasteiger partial charge in [0.15, 0.2) is 5.84 Å². The maximum Gasteiger partial charge on any atom is 0.254 e. The fourth-order valence-electron chi connectivity index (χ4n) is 2.66. The Morgan fingerprint density at radius 3 is 2.52 bits per heavy atom. The number of rotatable bonds is 4. The van der Waals surface area contributed by atoms with Crippen molar-refractivity contribution in [2.24, 2.45) is 9.98 Å². The molecular weight excluding hydrogens is 314 g/mol. The van der Waals surface area contributed by atoms with Crippen molar-refractivity contribution in [3.8, 4) is 5.75 Å². The molecule has 6 nitrogen and oxygen atoms in total. The number of hydrogen-bond donors (Lipinski definition) is 0. The zero-order chi connectivity index (χ0) is 17.2. The van der Waals surface area contributed by atoms with E-state index in [4.69, 9.17) is 9.73 Å². The molecule has 25 heavy (non-hydrogen) atoms. The predicted octanol–water partition coefficient (Wildman–Crippen LogP) is 3.18. The fourth-order valence-corrected chi connectivity index (χ4v) is 2.66. The van der Waals surface area contributed by atoms with Gasteiger partial charge in [-0.3, -0.25) is 4.99 Å². The van der Waals surface area contributed by atoms with Gasteiger partial charge in [0.1, 0.15) is 17.8 Å². The predicted molar refractivity (Wildman–Crippen MR) is 96.9 cm³/mol. The van der Waals surface area contributed by atoms with E-state index in [0.717, 1.165) is 22.6 Å². The third-order valence-corrected chi connectivity index (χ3v) is 4.05. The minimum absolute atomic E-state index is 0.550. The molecule has 0 saturated heterocycles. The number of benzene rings is 2. The van der Waals surface area contributed by atoms with Crippen LogP contribution in [0.25, 0.3) is 0 Å². The maximum atomic E-state index is 5.22. The summed E-state index contributed by atoms with van der Waals surface area (Å²) in [6.45, 7) is 2.63. The quantitative estimate of drug-likeness (QED) is 0.737. The molecule has 124 valence electrons. The molecule has 3 aromatic rings. The second kappa shape index (κ2) is 6.32. The van der Waals surface area contributed by atoms with E-state index in [0.29, 0.717) is 18.3 Å². The second-order valence-corrected chi connectivity index (χ2v) is 5.79. The fraction of sp³-hybridized carbons (Fsp3) is 0.158. The highest BCUT2D eigenvalue weighted by molar-refractivity contribution is 6.50. The first-order valence-electron chi connectivity index (χ1n) is 7.98. The minimum Gasteiger partial charge on any atom is -0.497 e. The van der Waals surface area contributed by atoms with E-state index in [1.54, 1.807) is 11.8 Å². The molecule has 6 heteroatoms.